The summed E-state index contributed by atoms with van der Waals surface area (Å²) in [4.78, 5) is 11.5. The van der Waals surface area contributed by atoms with Gasteiger partial charge in [-0.25, -0.2) is 4.79 Å². The summed E-state index contributed by atoms with van der Waals surface area (Å²) in [7, 11) is 2.56. The third-order valence-corrected chi connectivity index (χ3v) is 3.22. The predicted molar refractivity (Wildman–Crippen MR) is 80.7 cm³/mol. The van der Waals surface area contributed by atoms with Crippen molar-refractivity contribution in [1.82, 2.24) is 0 Å². The van der Waals surface area contributed by atoms with Gasteiger partial charge < -0.3 is 19.9 Å². The molecule has 128 valence electrons. The molecule has 0 radical (unpaired) electrons. The molecular formula is C16H14F3NO4. The quantitative estimate of drug-likeness (QED) is 0.651. The van der Waals surface area contributed by atoms with E-state index in [-0.39, 0.29) is 28.4 Å². The smallest absolute Gasteiger partial charge is 0.416 e. The molecule has 0 heterocycles. The number of carbonyl (C=O) groups excluding carboxylic acids is 1. The van der Waals surface area contributed by atoms with E-state index in [2.05, 4.69) is 10.1 Å². The lowest BCUT2D eigenvalue weighted by molar-refractivity contribution is -0.137. The molecule has 0 atom stereocenters. The molecule has 24 heavy (non-hydrogen) atoms. The number of hydrogen-bond donors (Lipinski definition) is 2. The maximum atomic E-state index is 12.8. The van der Waals surface area contributed by atoms with Crippen LogP contribution in [0.4, 0.5) is 24.5 Å². The van der Waals surface area contributed by atoms with Gasteiger partial charge in [-0.2, -0.15) is 13.2 Å². The summed E-state index contributed by atoms with van der Waals surface area (Å²) in [5.74, 6) is -0.737. The highest BCUT2D eigenvalue weighted by molar-refractivity contribution is 5.91. The molecule has 0 aliphatic carbocycles. The minimum absolute atomic E-state index is 0.144. The van der Waals surface area contributed by atoms with Gasteiger partial charge in [-0.15, -0.1) is 0 Å². The Hall–Kier alpha value is -2.90. The van der Waals surface area contributed by atoms with E-state index < -0.39 is 17.7 Å². The van der Waals surface area contributed by atoms with Crippen molar-refractivity contribution in [2.45, 2.75) is 6.18 Å². The Labute approximate surface area is 135 Å². The number of halogens is 3. The molecule has 2 N–H and O–H groups in total. The van der Waals surface area contributed by atoms with Crippen molar-refractivity contribution < 1.29 is 32.5 Å². The first-order valence-electron chi connectivity index (χ1n) is 6.70. The molecule has 2 aromatic carbocycles. The Morgan fingerprint density at radius 1 is 1.08 bits per heavy atom. The zero-order valence-corrected chi connectivity index (χ0v) is 12.8. The zero-order chi connectivity index (χ0) is 17.9. The molecule has 0 spiro atoms. The minimum atomic E-state index is -4.54. The van der Waals surface area contributed by atoms with E-state index in [4.69, 9.17) is 4.74 Å². The first-order valence-corrected chi connectivity index (χ1v) is 6.70. The number of carbonyl (C=O) groups is 1. The molecule has 2 aromatic rings. The van der Waals surface area contributed by atoms with Crippen molar-refractivity contribution in [2.24, 2.45) is 0 Å². The summed E-state index contributed by atoms with van der Waals surface area (Å²) in [6.07, 6.45) is -4.54. The summed E-state index contributed by atoms with van der Waals surface area (Å²) < 4.78 is 48.0. The standard InChI is InChI=1S/C16H14F3NO4/c1-23-14-7-9(15(22)24-2)3-5-11(14)20-12-8-10(16(17,18)19)4-6-13(12)21/h3-8,20-21H,1-2H3. The predicted octanol–water partition coefficient (Wildman–Crippen LogP) is 3.95. The summed E-state index contributed by atoms with van der Waals surface area (Å²) in [5, 5.41) is 12.4. The van der Waals surface area contributed by atoms with Crippen molar-refractivity contribution in [1.29, 1.82) is 0 Å². The number of rotatable bonds is 4. The lowest BCUT2D eigenvalue weighted by Gasteiger charge is -2.15. The van der Waals surface area contributed by atoms with Crippen LogP contribution in [-0.2, 0) is 10.9 Å². The zero-order valence-electron chi connectivity index (χ0n) is 12.8. The van der Waals surface area contributed by atoms with Crippen molar-refractivity contribution >= 4 is 17.3 Å². The molecule has 0 aliphatic rings. The van der Waals surface area contributed by atoms with Crippen LogP contribution < -0.4 is 10.1 Å². The van der Waals surface area contributed by atoms with Crippen LogP contribution in [-0.4, -0.2) is 25.3 Å². The Balaban J connectivity index is 2.39. The van der Waals surface area contributed by atoms with Crippen LogP contribution >= 0.6 is 0 Å². The van der Waals surface area contributed by atoms with Crippen LogP contribution in [0.1, 0.15) is 15.9 Å². The maximum absolute atomic E-state index is 12.8. The van der Waals surface area contributed by atoms with Crippen LogP contribution in [0, 0.1) is 0 Å². The maximum Gasteiger partial charge on any atom is 0.416 e. The van der Waals surface area contributed by atoms with Gasteiger partial charge >= 0.3 is 12.1 Å². The molecule has 8 heteroatoms. The fourth-order valence-electron chi connectivity index (χ4n) is 2.00. The fourth-order valence-corrected chi connectivity index (χ4v) is 2.00. The average molecular weight is 341 g/mol. The summed E-state index contributed by atoms with van der Waals surface area (Å²) in [6, 6.07) is 6.73. The molecule has 0 unspecified atom stereocenters. The van der Waals surface area contributed by atoms with Gasteiger partial charge in [0.15, 0.2) is 0 Å². The molecule has 0 amide bonds. The molecule has 0 fully saturated rings. The van der Waals surface area contributed by atoms with E-state index >= 15 is 0 Å². The molecular weight excluding hydrogens is 327 g/mol. The number of alkyl halides is 3. The first kappa shape index (κ1) is 17.5. The number of methoxy groups -OCH3 is 2. The third-order valence-electron chi connectivity index (χ3n) is 3.22. The Kier molecular flexibility index (Phi) is 4.87. The van der Waals surface area contributed by atoms with Gasteiger partial charge in [0.1, 0.15) is 11.5 Å². The highest BCUT2D eigenvalue weighted by Gasteiger charge is 2.31. The monoisotopic (exact) mass is 341 g/mol. The second-order valence-electron chi connectivity index (χ2n) is 4.76. The van der Waals surface area contributed by atoms with Gasteiger partial charge in [0.2, 0.25) is 0 Å². The average Bonchev–Trinajstić information content (AvgIpc) is 2.55. The normalized spacial score (nSPS) is 11.0. The number of hydrogen-bond acceptors (Lipinski definition) is 5. The molecule has 5 nitrogen and oxygen atoms in total. The van der Waals surface area contributed by atoms with Crippen molar-refractivity contribution in [2.75, 3.05) is 19.5 Å². The third kappa shape index (κ3) is 3.70. The van der Waals surface area contributed by atoms with E-state index in [1.807, 2.05) is 0 Å². The van der Waals surface area contributed by atoms with Crippen LogP contribution in [0.25, 0.3) is 0 Å². The Bertz CT molecular complexity index is 759. The van der Waals surface area contributed by atoms with Gasteiger partial charge in [0.25, 0.3) is 0 Å². The topological polar surface area (TPSA) is 67.8 Å². The number of ether oxygens (including phenoxy) is 2. The van der Waals surface area contributed by atoms with Crippen LogP contribution in [0.3, 0.4) is 0 Å². The lowest BCUT2D eigenvalue weighted by atomic mass is 10.1. The lowest BCUT2D eigenvalue weighted by Crippen LogP contribution is -2.06. The number of anilines is 2. The molecule has 0 aliphatic heterocycles. The summed E-state index contributed by atoms with van der Waals surface area (Å²) in [6.45, 7) is 0. The van der Waals surface area contributed by atoms with E-state index in [1.165, 1.54) is 32.4 Å². The fraction of sp³-hybridized carbons (Fsp3) is 0.188. The second-order valence-corrected chi connectivity index (χ2v) is 4.76. The Morgan fingerprint density at radius 2 is 1.79 bits per heavy atom. The number of aromatic hydroxyl groups is 1. The van der Waals surface area contributed by atoms with Crippen molar-refractivity contribution in [3.8, 4) is 11.5 Å². The van der Waals surface area contributed by atoms with Crippen molar-refractivity contribution in [3.05, 3.63) is 47.5 Å². The molecule has 2 rings (SSSR count). The largest absolute Gasteiger partial charge is 0.506 e. The number of nitrogens with one attached hydrogen (secondary N) is 1. The highest BCUT2D eigenvalue weighted by Crippen LogP contribution is 2.37. The van der Waals surface area contributed by atoms with E-state index in [0.717, 1.165) is 18.2 Å². The highest BCUT2D eigenvalue weighted by atomic mass is 19.4. The summed E-state index contributed by atoms with van der Waals surface area (Å²) >= 11 is 0. The number of phenols is 1. The SMILES string of the molecule is COC(=O)c1ccc(Nc2cc(C(F)(F)F)ccc2O)c(OC)c1. The number of benzene rings is 2. The van der Waals surface area contributed by atoms with Crippen LogP contribution in [0.15, 0.2) is 36.4 Å². The van der Waals surface area contributed by atoms with E-state index in [9.17, 15) is 23.1 Å². The molecule has 0 bridgehead atoms. The molecule has 0 aromatic heterocycles. The van der Waals surface area contributed by atoms with Crippen LogP contribution in [0.2, 0.25) is 0 Å². The molecule has 0 saturated carbocycles. The van der Waals surface area contributed by atoms with E-state index in [1.54, 1.807) is 0 Å². The van der Waals surface area contributed by atoms with Crippen molar-refractivity contribution in [3.63, 3.8) is 0 Å². The van der Waals surface area contributed by atoms with Gasteiger partial charge in [0, 0.05) is 0 Å². The van der Waals surface area contributed by atoms with Gasteiger partial charge in [0.05, 0.1) is 36.7 Å². The Morgan fingerprint density at radius 3 is 2.38 bits per heavy atom. The van der Waals surface area contributed by atoms with Crippen LogP contribution in [0.5, 0.6) is 11.5 Å². The van der Waals surface area contributed by atoms with Gasteiger partial charge in [-0.3, -0.25) is 0 Å². The van der Waals surface area contributed by atoms with E-state index in [0.29, 0.717) is 0 Å². The second kappa shape index (κ2) is 6.69. The molecule has 0 saturated heterocycles. The van der Waals surface area contributed by atoms with Gasteiger partial charge in [-0.1, -0.05) is 0 Å². The summed E-state index contributed by atoms with van der Waals surface area (Å²) in [5.41, 5.74) is -0.560. The first-order chi connectivity index (χ1) is 11.3. The number of esters is 1. The minimum Gasteiger partial charge on any atom is -0.506 e. The number of phenolic OH excluding ortho intramolecular Hbond substituents is 1. The van der Waals surface area contributed by atoms with Gasteiger partial charge in [-0.05, 0) is 36.4 Å².